The Kier molecular flexibility index (Phi) is 3.52. The molecule has 1 aromatic carbocycles. The van der Waals surface area contributed by atoms with Crippen molar-refractivity contribution in [2.24, 2.45) is 5.73 Å². The van der Waals surface area contributed by atoms with Crippen LogP contribution in [0.4, 0.5) is 11.4 Å². The minimum atomic E-state index is -0.155. The Labute approximate surface area is 141 Å². The molecule has 0 unspecified atom stereocenters. The van der Waals surface area contributed by atoms with Crippen LogP contribution in [0.15, 0.2) is 18.2 Å². The number of nitrogens with zero attached hydrogens (tertiary/aromatic N) is 2. The molecular weight excluding hydrogens is 306 g/mol. The first-order valence-corrected chi connectivity index (χ1v) is 8.40. The molecule has 2 saturated heterocycles. The summed E-state index contributed by atoms with van der Waals surface area (Å²) >= 11 is 0. The highest BCUT2D eigenvalue weighted by atomic mass is 16.5. The molecule has 2 bridgehead atoms. The van der Waals surface area contributed by atoms with E-state index < -0.39 is 0 Å². The van der Waals surface area contributed by atoms with Crippen molar-refractivity contribution in [2.45, 2.75) is 43.2 Å². The Morgan fingerprint density at radius 2 is 2.08 bits per heavy atom. The van der Waals surface area contributed by atoms with Crippen LogP contribution in [0.3, 0.4) is 0 Å². The predicted molar refractivity (Wildman–Crippen MR) is 89.2 cm³/mol. The highest BCUT2D eigenvalue weighted by Crippen LogP contribution is 2.45. The fourth-order valence-electron chi connectivity index (χ4n) is 3.93. The Bertz CT molecular complexity index is 700. The summed E-state index contributed by atoms with van der Waals surface area (Å²) in [7, 11) is 0. The van der Waals surface area contributed by atoms with E-state index >= 15 is 0 Å². The third kappa shape index (κ3) is 2.54. The molecule has 0 atom stereocenters. The number of rotatable bonds is 3. The van der Waals surface area contributed by atoms with Crippen LogP contribution in [0, 0.1) is 6.57 Å². The van der Waals surface area contributed by atoms with Crippen LogP contribution in [-0.2, 0) is 9.53 Å². The van der Waals surface area contributed by atoms with Gasteiger partial charge in [-0.1, -0.05) is 6.07 Å². The molecule has 3 aliphatic heterocycles. The zero-order valence-electron chi connectivity index (χ0n) is 13.6. The van der Waals surface area contributed by atoms with Crippen molar-refractivity contribution in [1.29, 1.82) is 0 Å². The SMILES string of the molecule is [C-]#[N+]c1ccc2c(c1)N(CCC13CCC(N)(CC1)CO3)C(=O)CO2. The molecule has 1 aromatic rings. The minimum absolute atomic E-state index is 0.0458. The molecule has 1 aliphatic carbocycles. The second-order valence-electron chi connectivity index (χ2n) is 7.18. The standard InChI is InChI=1S/C18H21N3O3/c1-20-13-2-3-15-14(10-13)21(16(22)11-23-15)9-8-18-6-4-17(19,5-7-18)12-24-18/h2-3,10H,4-9,11-12,19H2. The molecule has 24 heavy (non-hydrogen) atoms. The molecule has 5 rings (SSSR count). The Morgan fingerprint density at radius 1 is 1.29 bits per heavy atom. The first kappa shape index (κ1) is 15.4. The number of carbonyl (C=O) groups excluding carboxylic acids is 1. The number of hydrogen-bond acceptors (Lipinski definition) is 4. The maximum absolute atomic E-state index is 12.3. The van der Waals surface area contributed by atoms with Crippen LogP contribution in [0.2, 0.25) is 0 Å². The van der Waals surface area contributed by atoms with Crippen LogP contribution in [0.1, 0.15) is 32.1 Å². The molecule has 0 aromatic heterocycles. The zero-order chi connectivity index (χ0) is 16.8. The van der Waals surface area contributed by atoms with E-state index in [4.69, 9.17) is 21.8 Å². The summed E-state index contributed by atoms with van der Waals surface area (Å²) in [4.78, 5) is 17.5. The zero-order valence-corrected chi connectivity index (χ0v) is 13.6. The van der Waals surface area contributed by atoms with Crippen molar-refractivity contribution in [3.8, 4) is 5.75 Å². The smallest absolute Gasteiger partial charge is 0.264 e. The first-order valence-electron chi connectivity index (χ1n) is 8.40. The van der Waals surface area contributed by atoms with Gasteiger partial charge < -0.3 is 20.1 Å². The largest absolute Gasteiger partial charge is 0.482 e. The van der Waals surface area contributed by atoms with Gasteiger partial charge in [-0.15, -0.1) is 0 Å². The van der Waals surface area contributed by atoms with Gasteiger partial charge >= 0.3 is 0 Å². The van der Waals surface area contributed by atoms with Gasteiger partial charge in [0.05, 0.1) is 24.5 Å². The lowest BCUT2D eigenvalue weighted by Gasteiger charge is -2.52. The number of fused-ring (bicyclic) bond motifs is 4. The maximum atomic E-state index is 12.3. The van der Waals surface area contributed by atoms with Crippen molar-refractivity contribution in [1.82, 2.24) is 0 Å². The molecule has 3 fully saturated rings. The number of carbonyl (C=O) groups is 1. The fraction of sp³-hybridized carbons (Fsp3) is 0.556. The number of amides is 1. The maximum Gasteiger partial charge on any atom is 0.264 e. The van der Waals surface area contributed by atoms with Crippen molar-refractivity contribution < 1.29 is 14.3 Å². The van der Waals surface area contributed by atoms with Crippen LogP contribution < -0.4 is 15.4 Å². The van der Waals surface area contributed by atoms with Gasteiger partial charge in [-0.05, 0) is 44.2 Å². The van der Waals surface area contributed by atoms with Gasteiger partial charge in [0.25, 0.3) is 5.91 Å². The summed E-state index contributed by atoms with van der Waals surface area (Å²) < 4.78 is 11.6. The van der Waals surface area contributed by atoms with E-state index in [1.165, 1.54) is 0 Å². The second-order valence-corrected chi connectivity index (χ2v) is 7.18. The Hall–Kier alpha value is -2.10. The summed E-state index contributed by atoms with van der Waals surface area (Å²) in [5.41, 5.74) is 7.18. The van der Waals surface area contributed by atoms with E-state index in [2.05, 4.69) is 4.85 Å². The van der Waals surface area contributed by atoms with Crippen LogP contribution in [-0.4, -0.2) is 36.8 Å². The van der Waals surface area contributed by atoms with E-state index in [0.717, 1.165) is 32.1 Å². The van der Waals surface area contributed by atoms with Crippen molar-refractivity contribution in [3.63, 3.8) is 0 Å². The monoisotopic (exact) mass is 327 g/mol. The highest BCUT2D eigenvalue weighted by Gasteiger charge is 2.48. The lowest BCUT2D eigenvalue weighted by molar-refractivity contribution is -0.155. The molecule has 126 valence electrons. The van der Waals surface area contributed by atoms with Crippen molar-refractivity contribution >= 4 is 17.3 Å². The van der Waals surface area contributed by atoms with Gasteiger partial charge in [0.2, 0.25) is 0 Å². The molecular formula is C18H21N3O3. The van der Waals surface area contributed by atoms with E-state index in [9.17, 15) is 4.79 Å². The lowest BCUT2D eigenvalue weighted by atomic mass is 9.70. The highest BCUT2D eigenvalue weighted by molar-refractivity contribution is 5.98. The summed E-state index contributed by atoms with van der Waals surface area (Å²) in [5, 5.41) is 0. The van der Waals surface area contributed by atoms with Crippen LogP contribution >= 0.6 is 0 Å². The topological polar surface area (TPSA) is 69.1 Å². The molecule has 2 N–H and O–H groups in total. The van der Waals surface area contributed by atoms with Crippen molar-refractivity contribution in [2.75, 3.05) is 24.7 Å². The number of nitrogens with two attached hydrogens (primary N) is 1. The van der Waals surface area contributed by atoms with Gasteiger partial charge in [-0.3, -0.25) is 4.79 Å². The molecule has 0 spiro atoms. The van der Waals surface area contributed by atoms with Crippen molar-refractivity contribution in [3.05, 3.63) is 29.6 Å². The average molecular weight is 327 g/mol. The average Bonchev–Trinajstić information content (AvgIpc) is 2.62. The summed E-state index contributed by atoms with van der Waals surface area (Å²) in [5.74, 6) is 0.592. The molecule has 4 aliphatic rings. The number of benzene rings is 1. The van der Waals surface area contributed by atoms with E-state index in [1.54, 1.807) is 23.1 Å². The van der Waals surface area contributed by atoms with Gasteiger partial charge in [-0.25, -0.2) is 4.85 Å². The van der Waals surface area contributed by atoms with Gasteiger partial charge in [-0.2, -0.15) is 0 Å². The summed E-state index contributed by atoms with van der Waals surface area (Å²) in [6.07, 6.45) is 4.68. The fourth-order valence-corrected chi connectivity index (χ4v) is 3.93. The predicted octanol–water partition coefficient (Wildman–Crippen LogP) is 2.39. The van der Waals surface area contributed by atoms with Crippen LogP contribution in [0.5, 0.6) is 5.75 Å². The minimum Gasteiger partial charge on any atom is -0.482 e. The number of ether oxygens (including phenoxy) is 2. The van der Waals surface area contributed by atoms with Gasteiger partial charge in [0.15, 0.2) is 12.3 Å². The molecule has 1 amide bonds. The third-order valence-corrected chi connectivity index (χ3v) is 5.63. The van der Waals surface area contributed by atoms with Gasteiger partial charge in [0.1, 0.15) is 5.75 Å². The summed E-state index contributed by atoms with van der Waals surface area (Å²) in [6, 6.07) is 5.20. The number of hydrogen-bond donors (Lipinski definition) is 1. The number of anilines is 1. The normalized spacial score (nSPS) is 31.3. The van der Waals surface area contributed by atoms with E-state index in [0.29, 0.717) is 30.3 Å². The molecule has 6 nitrogen and oxygen atoms in total. The van der Waals surface area contributed by atoms with E-state index in [1.807, 2.05) is 0 Å². The van der Waals surface area contributed by atoms with Gasteiger partial charge in [0, 0.05) is 12.1 Å². The van der Waals surface area contributed by atoms with E-state index in [-0.39, 0.29) is 23.7 Å². The Morgan fingerprint density at radius 3 is 2.75 bits per heavy atom. The molecule has 3 heterocycles. The van der Waals surface area contributed by atoms with Crippen LogP contribution in [0.25, 0.3) is 4.85 Å². The lowest BCUT2D eigenvalue weighted by Crippen LogP contribution is -2.60. The molecule has 6 heteroatoms. The first-order chi connectivity index (χ1) is 11.5. The second kappa shape index (κ2) is 5.47. The quantitative estimate of drug-likeness (QED) is 0.866. The Balaban J connectivity index is 1.53. The molecule has 0 radical (unpaired) electrons. The third-order valence-electron chi connectivity index (χ3n) is 5.63. The molecule has 1 saturated carbocycles. The summed E-state index contributed by atoms with van der Waals surface area (Å²) in [6.45, 7) is 8.41.